The van der Waals surface area contributed by atoms with Crippen LogP contribution in [0.25, 0.3) is 21.8 Å². The monoisotopic (exact) mass is 479 g/mol. The molecular weight excluding hydrogens is 450 g/mol. The van der Waals surface area contributed by atoms with Crippen LogP contribution in [0.15, 0.2) is 47.8 Å². The zero-order valence-corrected chi connectivity index (χ0v) is 20.6. The Hall–Kier alpha value is -3.39. The fourth-order valence-electron chi connectivity index (χ4n) is 4.04. The number of methoxy groups -OCH3 is 2. The Morgan fingerprint density at radius 1 is 1.12 bits per heavy atom. The van der Waals surface area contributed by atoms with Gasteiger partial charge in [0.2, 0.25) is 11.8 Å². The van der Waals surface area contributed by atoms with E-state index >= 15 is 0 Å². The Kier molecular flexibility index (Phi) is 7.17. The highest BCUT2D eigenvalue weighted by atomic mass is 32.1. The summed E-state index contributed by atoms with van der Waals surface area (Å²) >= 11 is 1.57. The lowest BCUT2D eigenvalue weighted by molar-refractivity contribution is -0.130. The number of carbonyl (C=O) groups excluding carboxylic acids is 2. The molecule has 7 nitrogen and oxygen atoms in total. The van der Waals surface area contributed by atoms with Crippen LogP contribution in [0, 0.1) is 5.92 Å². The molecule has 2 aromatic carbocycles. The molecule has 8 heteroatoms. The Bertz CT molecular complexity index is 1170. The molecule has 1 atom stereocenters. The van der Waals surface area contributed by atoms with Gasteiger partial charge in [-0.1, -0.05) is 24.3 Å². The van der Waals surface area contributed by atoms with E-state index in [1.807, 2.05) is 61.7 Å². The minimum Gasteiger partial charge on any atom is -0.493 e. The van der Waals surface area contributed by atoms with Gasteiger partial charge in [0, 0.05) is 42.1 Å². The van der Waals surface area contributed by atoms with Crippen molar-refractivity contribution in [3.8, 4) is 33.3 Å². The van der Waals surface area contributed by atoms with Gasteiger partial charge in [-0.05, 0) is 37.6 Å². The topological polar surface area (TPSA) is 80.8 Å². The molecule has 178 valence electrons. The Morgan fingerprint density at radius 3 is 2.47 bits per heavy atom. The van der Waals surface area contributed by atoms with Gasteiger partial charge < -0.3 is 19.7 Å². The average molecular weight is 480 g/mol. The predicted molar refractivity (Wildman–Crippen MR) is 133 cm³/mol. The van der Waals surface area contributed by atoms with Gasteiger partial charge >= 0.3 is 0 Å². The molecule has 0 spiro atoms. The van der Waals surface area contributed by atoms with Crippen molar-refractivity contribution in [3.63, 3.8) is 0 Å². The third-order valence-electron chi connectivity index (χ3n) is 6.00. The van der Waals surface area contributed by atoms with Gasteiger partial charge in [-0.2, -0.15) is 0 Å². The molecule has 1 saturated heterocycles. The van der Waals surface area contributed by atoms with Crippen LogP contribution >= 0.6 is 11.3 Å². The number of carbonyl (C=O) groups is 2. The fourth-order valence-corrected chi connectivity index (χ4v) is 4.87. The smallest absolute Gasteiger partial charge is 0.225 e. The highest BCUT2D eigenvalue weighted by Crippen LogP contribution is 2.34. The number of hydrogen-bond donors (Lipinski definition) is 1. The predicted octanol–water partition coefficient (Wildman–Crippen LogP) is 4.37. The zero-order valence-electron chi connectivity index (χ0n) is 19.8. The third kappa shape index (κ3) is 5.07. The summed E-state index contributed by atoms with van der Waals surface area (Å²) in [5, 5.41) is 5.91. The van der Waals surface area contributed by atoms with Gasteiger partial charge in [-0.15, -0.1) is 11.3 Å². The molecule has 1 aromatic heterocycles. The Morgan fingerprint density at radius 2 is 1.82 bits per heavy atom. The summed E-state index contributed by atoms with van der Waals surface area (Å²) in [4.78, 5) is 31.1. The van der Waals surface area contributed by atoms with Crippen molar-refractivity contribution in [3.05, 3.63) is 53.4 Å². The molecule has 1 unspecified atom stereocenters. The molecular formula is C26H29N3O4S. The summed E-state index contributed by atoms with van der Waals surface area (Å²) in [6.45, 7) is 4.87. The second-order valence-corrected chi connectivity index (χ2v) is 9.42. The normalized spacial score (nSPS) is 15.6. The molecule has 0 bridgehead atoms. The van der Waals surface area contributed by atoms with Gasteiger partial charge in [-0.3, -0.25) is 9.59 Å². The van der Waals surface area contributed by atoms with Crippen molar-refractivity contribution in [2.24, 2.45) is 5.92 Å². The number of amides is 2. The van der Waals surface area contributed by atoms with Crippen molar-refractivity contribution in [1.82, 2.24) is 15.2 Å². The Labute approximate surface area is 203 Å². The van der Waals surface area contributed by atoms with Crippen molar-refractivity contribution in [1.29, 1.82) is 0 Å². The Balaban J connectivity index is 1.38. The SMILES string of the molecule is COc1ccc(-c2csc(-c3ccc(CNC(=O)C4CC(=O)N(C(C)C)C4)cc3)n2)cc1OC. The summed E-state index contributed by atoms with van der Waals surface area (Å²) in [5.74, 6) is 1.05. The van der Waals surface area contributed by atoms with Crippen molar-refractivity contribution in [2.45, 2.75) is 32.9 Å². The van der Waals surface area contributed by atoms with E-state index in [0.29, 0.717) is 24.6 Å². The second kappa shape index (κ2) is 10.3. The lowest BCUT2D eigenvalue weighted by Gasteiger charge is -2.20. The molecule has 0 saturated carbocycles. The van der Waals surface area contributed by atoms with E-state index in [4.69, 9.17) is 14.5 Å². The standard InChI is InChI=1S/C26H29N3O4S/c1-16(2)29-14-20(12-24(29)30)25(31)27-13-17-5-7-18(8-6-17)26-28-21(15-34-26)19-9-10-22(32-3)23(11-19)33-4/h5-11,15-16,20H,12-14H2,1-4H3,(H,27,31). The van der Waals surface area contributed by atoms with E-state index in [9.17, 15) is 9.59 Å². The first-order valence-electron chi connectivity index (χ1n) is 11.2. The van der Waals surface area contributed by atoms with Crippen molar-refractivity contribution in [2.75, 3.05) is 20.8 Å². The van der Waals surface area contributed by atoms with Crippen LogP contribution in [0.1, 0.15) is 25.8 Å². The molecule has 1 aliphatic heterocycles. The molecule has 3 aromatic rings. The quantitative estimate of drug-likeness (QED) is 0.519. The van der Waals surface area contributed by atoms with E-state index in [2.05, 4.69) is 5.32 Å². The van der Waals surface area contributed by atoms with E-state index in [0.717, 1.165) is 27.4 Å². The van der Waals surface area contributed by atoms with E-state index in [-0.39, 0.29) is 30.2 Å². The fraction of sp³-hybridized carbons (Fsp3) is 0.346. The number of benzene rings is 2. The summed E-state index contributed by atoms with van der Waals surface area (Å²) in [6.07, 6.45) is 0.287. The lowest BCUT2D eigenvalue weighted by atomic mass is 10.1. The molecule has 1 N–H and O–H groups in total. The minimum absolute atomic E-state index is 0.0513. The first-order chi connectivity index (χ1) is 16.4. The summed E-state index contributed by atoms with van der Waals surface area (Å²) in [5.41, 5.74) is 3.85. The number of aromatic nitrogens is 1. The largest absolute Gasteiger partial charge is 0.493 e. The van der Waals surface area contributed by atoms with E-state index in [1.165, 1.54) is 0 Å². The maximum Gasteiger partial charge on any atom is 0.225 e. The van der Waals surface area contributed by atoms with Crippen LogP contribution in [-0.4, -0.2) is 48.5 Å². The van der Waals surface area contributed by atoms with Gasteiger partial charge in [0.05, 0.1) is 25.8 Å². The average Bonchev–Trinajstić information content (AvgIpc) is 3.50. The second-order valence-electron chi connectivity index (χ2n) is 8.56. The summed E-state index contributed by atoms with van der Waals surface area (Å²) < 4.78 is 10.7. The molecule has 0 aliphatic carbocycles. The molecule has 4 rings (SSSR count). The van der Waals surface area contributed by atoms with Gasteiger partial charge in [-0.25, -0.2) is 4.98 Å². The zero-order chi connectivity index (χ0) is 24.2. The minimum atomic E-state index is -0.278. The van der Waals surface area contributed by atoms with Gasteiger partial charge in [0.25, 0.3) is 0 Å². The van der Waals surface area contributed by atoms with Crippen LogP contribution < -0.4 is 14.8 Å². The number of hydrogen-bond acceptors (Lipinski definition) is 6. The summed E-state index contributed by atoms with van der Waals surface area (Å²) in [7, 11) is 3.23. The highest BCUT2D eigenvalue weighted by Gasteiger charge is 2.35. The summed E-state index contributed by atoms with van der Waals surface area (Å²) in [6, 6.07) is 13.9. The molecule has 2 amide bonds. The first-order valence-corrected chi connectivity index (χ1v) is 12.1. The molecule has 34 heavy (non-hydrogen) atoms. The van der Waals surface area contributed by atoms with Crippen LogP contribution in [0.3, 0.4) is 0 Å². The molecule has 2 heterocycles. The number of thiazole rings is 1. The van der Waals surface area contributed by atoms with Crippen LogP contribution in [0.2, 0.25) is 0 Å². The van der Waals surface area contributed by atoms with Gasteiger partial charge in [0.1, 0.15) is 5.01 Å². The number of rotatable bonds is 8. The van der Waals surface area contributed by atoms with Crippen molar-refractivity contribution >= 4 is 23.2 Å². The van der Waals surface area contributed by atoms with Crippen LogP contribution in [0.4, 0.5) is 0 Å². The third-order valence-corrected chi connectivity index (χ3v) is 6.90. The van der Waals surface area contributed by atoms with Crippen LogP contribution in [-0.2, 0) is 16.1 Å². The molecule has 1 fully saturated rings. The van der Waals surface area contributed by atoms with Crippen molar-refractivity contribution < 1.29 is 19.1 Å². The highest BCUT2D eigenvalue weighted by molar-refractivity contribution is 7.13. The maximum absolute atomic E-state index is 12.5. The number of nitrogens with one attached hydrogen (secondary N) is 1. The number of ether oxygens (including phenoxy) is 2. The maximum atomic E-state index is 12.5. The molecule has 1 aliphatic rings. The first kappa shape index (κ1) is 23.8. The lowest BCUT2D eigenvalue weighted by Crippen LogP contribution is -2.35. The number of likely N-dealkylation sites (tertiary alicyclic amines) is 1. The van der Waals surface area contributed by atoms with Crippen LogP contribution in [0.5, 0.6) is 11.5 Å². The molecule has 0 radical (unpaired) electrons. The number of nitrogens with zero attached hydrogens (tertiary/aromatic N) is 2. The van der Waals surface area contributed by atoms with Gasteiger partial charge in [0.15, 0.2) is 11.5 Å². The van der Waals surface area contributed by atoms with E-state index < -0.39 is 0 Å². The van der Waals surface area contributed by atoms with E-state index in [1.54, 1.807) is 30.5 Å².